The van der Waals surface area contributed by atoms with Gasteiger partial charge in [-0.1, -0.05) is 0 Å². The predicted molar refractivity (Wildman–Crippen MR) is 65.1 cm³/mol. The molecule has 1 fully saturated rings. The minimum absolute atomic E-state index is 0.0915. The second-order valence-electron chi connectivity index (χ2n) is 4.00. The van der Waals surface area contributed by atoms with Gasteiger partial charge in [0.1, 0.15) is 5.82 Å². The lowest BCUT2D eigenvalue weighted by molar-refractivity contribution is -0.129. The summed E-state index contributed by atoms with van der Waals surface area (Å²) in [5.41, 5.74) is 6.19. The van der Waals surface area contributed by atoms with Crippen molar-refractivity contribution in [2.24, 2.45) is 0 Å². The van der Waals surface area contributed by atoms with Crippen molar-refractivity contribution < 1.29 is 9.53 Å². The number of aromatic nitrogens is 1. The Hall–Kier alpha value is -1.98. The smallest absolute Gasteiger partial charge is 0.241 e. The van der Waals surface area contributed by atoms with E-state index in [0.717, 1.165) is 12.4 Å². The molecule has 0 radical (unpaired) electrons. The van der Waals surface area contributed by atoms with Crippen LogP contribution in [0.3, 0.4) is 0 Å². The van der Waals surface area contributed by atoms with Gasteiger partial charge >= 0.3 is 0 Å². The Morgan fingerprint density at radius 1 is 1.41 bits per heavy atom. The number of carbonyl (C=O) groups excluding carboxylic acids is 1. The number of ether oxygens (including phenoxy) is 1. The van der Waals surface area contributed by atoms with Gasteiger partial charge in [-0.15, -0.1) is 0 Å². The van der Waals surface area contributed by atoms with E-state index in [4.69, 9.17) is 10.5 Å². The monoisotopic (exact) mass is 236 g/mol. The highest BCUT2D eigenvalue weighted by atomic mass is 16.5. The van der Waals surface area contributed by atoms with E-state index in [1.165, 1.54) is 7.11 Å². The molecule has 2 rings (SSSR count). The minimum atomic E-state index is 0.0915. The van der Waals surface area contributed by atoms with Crippen molar-refractivity contribution >= 4 is 17.4 Å². The zero-order valence-electron chi connectivity index (χ0n) is 10.0. The van der Waals surface area contributed by atoms with Gasteiger partial charge in [-0.2, -0.15) is 4.98 Å². The van der Waals surface area contributed by atoms with Crippen LogP contribution in [0.1, 0.15) is 0 Å². The first-order chi connectivity index (χ1) is 8.11. The second-order valence-corrected chi connectivity index (χ2v) is 4.00. The van der Waals surface area contributed by atoms with Crippen LogP contribution in [0.5, 0.6) is 5.88 Å². The maximum Gasteiger partial charge on any atom is 0.241 e. The molecule has 1 amide bonds. The highest BCUT2D eigenvalue weighted by molar-refractivity contribution is 5.82. The quantitative estimate of drug-likeness (QED) is 0.779. The van der Waals surface area contributed by atoms with Gasteiger partial charge in [0.15, 0.2) is 0 Å². The summed E-state index contributed by atoms with van der Waals surface area (Å²) in [6.45, 7) is 1.81. The molecular weight excluding hydrogens is 220 g/mol. The van der Waals surface area contributed by atoms with Crippen molar-refractivity contribution in [1.29, 1.82) is 0 Å². The summed E-state index contributed by atoms with van der Waals surface area (Å²) in [7, 11) is 3.33. The molecular formula is C11H16N4O2. The first kappa shape index (κ1) is 11.5. The van der Waals surface area contributed by atoms with Gasteiger partial charge in [-0.05, 0) is 12.1 Å². The Balaban J connectivity index is 2.20. The number of anilines is 2. The van der Waals surface area contributed by atoms with Crippen molar-refractivity contribution in [3.8, 4) is 5.88 Å². The highest BCUT2D eigenvalue weighted by Gasteiger charge is 2.22. The van der Waals surface area contributed by atoms with Crippen LogP contribution in [0.4, 0.5) is 11.5 Å². The number of nitrogens with two attached hydrogens (primary N) is 1. The maximum absolute atomic E-state index is 11.6. The fourth-order valence-corrected chi connectivity index (χ4v) is 1.74. The van der Waals surface area contributed by atoms with Gasteiger partial charge in [-0.3, -0.25) is 4.79 Å². The Kier molecular flexibility index (Phi) is 3.03. The third-order valence-electron chi connectivity index (χ3n) is 2.85. The van der Waals surface area contributed by atoms with Gasteiger partial charge in [0, 0.05) is 20.1 Å². The van der Waals surface area contributed by atoms with Crippen LogP contribution in [0.2, 0.25) is 0 Å². The topological polar surface area (TPSA) is 71.7 Å². The Labute approximate surface area is 100.0 Å². The fourth-order valence-electron chi connectivity index (χ4n) is 1.74. The van der Waals surface area contributed by atoms with E-state index in [1.807, 2.05) is 4.90 Å². The van der Waals surface area contributed by atoms with E-state index < -0.39 is 0 Å². The summed E-state index contributed by atoms with van der Waals surface area (Å²) in [4.78, 5) is 19.5. The van der Waals surface area contributed by atoms with Crippen molar-refractivity contribution in [3.05, 3.63) is 12.1 Å². The molecule has 1 aromatic heterocycles. The summed E-state index contributed by atoms with van der Waals surface area (Å²) in [5.74, 6) is 1.21. The molecule has 2 heterocycles. The molecule has 6 nitrogen and oxygen atoms in total. The molecule has 0 atom stereocenters. The summed E-state index contributed by atoms with van der Waals surface area (Å²) in [5, 5.41) is 0. The van der Waals surface area contributed by atoms with Gasteiger partial charge < -0.3 is 20.3 Å². The summed E-state index contributed by atoms with van der Waals surface area (Å²) >= 11 is 0. The predicted octanol–water partition coefficient (Wildman–Crippen LogP) is -0.0492. The second kappa shape index (κ2) is 4.48. The zero-order chi connectivity index (χ0) is 12.4. The standard InChI is InChI=1S/C11H16N4O2/c1-14-5-6-15(7-10(14)16)9-4-3-8(12)11(13-9)17-2/h3-4H,5-7,12H2,1-2H3. The van der Waals surface area contributed by atoms with E-state index >= 15 is 0 Å². The summed E-state index contributed by atoms with van der Waals surface area (Å²) < 4.78 is 5.07. The fraction of sp³-hybridized carbons (Fsp3) is 0.455. The average molecular weight is 236 g/mol. The third kappa shape index (κ3) is 2.25. The van der Waals surface area contributed by atoms with E-state index in [-0.39, 0.29) is 5.91 Å². The number of hydrogen-bond acceptors (Lipinski definition) is 5. The minimum Gasteiger partial charge on any atom is -0.479 e. The van der Waals surface area contributed by atoms with Crippen LogP contribution in [0, 0.1) is 0 Å². The molecule has 1 aromatic rings. The van der Waals surface area contributed by atoms with Gasteiger partial charge in [-0.25, -0.2) is 0 Å². The SMILES string of the molecule is COc1nc(N2CCN(C)C(=O)C2)ccc1N. The van der Waals surface area contributed by atoms with Crippen LogP contribution in [0.25, 0.3) is 0 Å². The molecule has 2 N–H and O–H groups in total. The van der Waals surface area contributed by atoms with E-state index in [1.54, 1.807) is 24.1 Å². The molecule has 0 aromatic carbocycles. The zero-order valence-corrected chi connectivity index (χ0v) is 10.0. The number of pyridine rings is 1. The summed E-state index contributed by atoms with van der Waals surface area (Å²) in [6, 6.07) is 3.54. The maximum atomic E-state index is 11.6. The van der Waals surface area contributed by atoms with E-state index in [9.17, 15) is 4.79 Å². The van der Waals surface area contributed by atoms with Crippen molar-refractivity contribution in [2.45, 2.75) is 0 Å². The molecule has 17 heavy (non-hydrogen) atoms. The first-order valence-corrected chi connectivity index (χ1v) is 5.41. The lowest BCUT2D eigenvalue weighted by Crippen LogP contribution is -2.48. The molecule has 0 spiro atoms. The van der Waals surface area contributed by atoms with Gasteiger partial charge in [0.05, 0.1) is 19.3 Å². The molecule has 0 saturated carbocycles. The van der Waals surface area contributed by atoms with Gasteiger partial charge in [0.2, 0.25) is 11.8 Å². The highest BCUT2D eigenvalue weighted by Crippen LogP contribution is 2.23. The Morgan fingerprint density at radius 2 is 2.18 bits per heavy atom. The summed E-state index contributed by atoms with van der Waals surface area (Å²) in [6.07, 6.45) is 0. The van der Waals surface area contributed by atoms with Crippen LogP contribution < -0.4 is 15.4 Å². The van der Waals surface area contributed by atoms with Crippen LogP contribution in [-0.2, 0) is 4.79 Å². The Morgan fingerprint density at radius 3 is 2.82 bits per heavy atom. The number of carbonyl (C=O) groups is 1. The molecule has 6 heteroatoms. The third-order valence-corrected chi connectivity index (χ3v) is 2.85. The lowest BCUT2D eigenvalue weighted by Gasteiger charge is -2.32. The average Bonchev–Trinajstić information content (AvgIpc) is 2.33. The molecule has 1 aliphatic rings. The number of hydrogen-bond donors (Lipinski definition) is 1. The van der Waals surface area contributed by atoms with Crippen LogP contribution in [-0.4, -0.2) is 49.6 Å². The lowest BCUT2D eigenvalue weighted by atomic mass is 10.3. The molecule has 0 unspecified atom stereocenters. The number of nitrogens with zero attached hydrogens (tertiary/aromatic N) is 3. The van der Waals surface area contributed by atoms with Crippen LogP contribution in [0.15, 0.2) is 12.1 Å². The van der Waals surface area contributed by atoms with Crippen molar-refractivity contribution in [2.75, 3.05) is 44.4 Å². The van der Waals surface area contributed by atoms with E-state index in [0.29, 0.717) is 24.7 Å². The number of rotatable bonds is 2. The van der Waals surface area contributed by atoms with Crippen LogP contribution >= 0.6 is 0 Å². The Bertz CT molecular complexity index is 435. The number of likely N-dealkylation sites (N-methyl/N-ethyl adjacent to an activating group) is 1. The normalized spacial score (nSPS) is 16.2. The largest absolute Gasteiger partial charge is 0.479 e. The van der Waals surface area contributed by atoms with Gasteiger partial charge in [0.25, 0.3) is 0 Å². The number of nitrogen functional groups attached to an aromatic ring is 1. The molecule has 1 saturated heterocycles. The molecule has 92 valence electrons. The first-order valence-electron chi connectivity index (χ1n) is 5.41. The van der Waals surface area contributed by atoms with E-state index in [2.05, 4.69) is 4.98 Å². The number of piperazine rings is 1. The molecule has 0 bridgehead atoms. The van der Waals surface area contributed by atoms with Crippen molar-refractivity contribution in [1.82, 2.24) is 9.88 Å². The number of amides is 1. The molecule has 1 aliphatic heterocycles. The van der Waals surface area contributed by atoms with Crippen molar-refractivity contribution in [3.63, 3.8) is 0 Å². The molecule has 0 aliphatic carbocycles. The number of methoxy groups -OCH3 is 1.